The van der Waals surface area contributed by atoms with Crippen LogP contribution in [0.1, 0.15) is 45.4 Å². The summed E-state index contributed by atoms with van der Waals surface area (Å²) < 4.78 is 24.7. The number of halogens is 1. The fourth-order valence-electron chi connectivity index (χ4n) is 3.62. The normalized spacial score (nSPS) is 20.2. The van der Waals surface area contributed by atoms with Crippen LogP contribution in [0.4, 0.5) is 9.18 Å². The third-order valence-electron chi connectivity index (χ3n) is 5.11. The summed E-state index contributed by atoms with van der Waals surface area (Å²) in [5, 5.41) is 2.92. The summed E-state index contributed by atoms with van der Waals surface area (Å²) >= 11 is 0. The molecule has 0 radical (unpaired) electrons. The monoisotopic (exact) mass is 364 g/mol. The minimum atomic E-state index is -0.293. The molecule has 1 N–H and O–H groups in total. The van der Waals surface area contributed by atoms with Gasteiger partial charge in [-0.1, -0.05) is 12.8 Å². The molecule has 0 bridgehead atoms. The van der Waals surface area contributed by atoms with Gasteiger partial charge in [0.15, 0.2) is 0 Å². The van der Waals surface area contributed by atoms with Crippen molar-refractivity contribution in [2.45, 2.75) is 63.8 Å². The molecule has 2 aliphatic rings. The van der Waals surface area contributed by atoms with Gasteiger partial charge in [-0.15, -0.1) is 0 Å². The highest BCUT2D eigenvalue weighted by atomic mass is 19.1. The fraction of sp³-hybridized carbons (Fsp3) is 0.650. The average Bonchev–Trinajstić information content (AvgIpc) is 3.15. The van der Waals surface area contributed by atoms with Crippen LogP contribution in [0.15, 0.2) is 24.3 Å². The maximum Gasteiger partial charge on any atom is 0.317 e. The Morgan fingerprint density at radius 3 is 2.42 bits per heavy atom. The van der Waals surface area contributed by atoms with Gasteiger partial charge in [0, 0.05) is 13.1 Å². The molecule has 5 nitrogen and oxygen atoms in total. The predicted octanol–water partition coefficient (Wildman–Crippen LogP) is 3.73. The number of hydrogen-bond donors (Lipinski definition) is 1. The summed E-state index contributed by atoms with van der Waals surface area (Å²) in [5.74, 6) is 0.302. The van der Waals surface area contributed by atoms with E-state index in [1.165, 1.54) is 37.8 Å². The second-order valence-corrected chi connectivity index (χ2v) is 7.30. The molecule has 1 aliphatic carbocycles. The summed E-state index contributed by atoms with van der Waals surface area (Å²) in [6.07, 6.45) is 7.30. The van der Waals surface area contributed by atoms with Gasteiger partial charge in [0.1, 0.15) is 17.7 Å². The number of hydrogen-bond acceptors (Lipinski definition) is 3. The van der Waals surface area contributed by atoms with Crippen molar-refractivity contribution in [2.75, 3.05) is 19.6 Å². The van der Waals surface area contributed by atoms with Gasteiger partial charge in [0.25, 0.3) is 0 Å². The van der Waals surface area contributed by atoms with Gasteiger partial charge >= 0.3 is 6.03 Å². The van der Waals surface area contributed by atoms with E-state index in [2.05, 4.69) is 5.32 Å². The van der Waals surface area contributed by atoms with E-state index in [4.69, 9.17) is 9.47 Å². The van der Waals surface area contributed by atoms with Crippen molar-refractivity contribution in [1.29, 1.82) is 0 Å². The summed E-state index contributed by atoms with van der Waals surface area (Å²) in [6, 6.07) is 5.83. The number of urea groups is 1. The summed E-state index contributed by atoms with van der Waals surface area (Å²) in [5.41, 5.74) is 0. The molecule has 1 aliphatic heterocycles. The number of piperidine rings is 1. The predicted molar refractivity (Wildman–Crippen MR) is 97.8 cm³/mol. The topological polar surface area (TPSA) is 50.8 Å². The highest BCUT2D eigenvalue weighted by Crippen LogP contribution is 2.25. The van der Waals surface area contributed by atoms with Crippen molar-refractivity contribution in [3.05, 3.63) is 30.1 Å². The van der Waals surface area contributed by atoms with Crippen LogP contribution >= 0.6 is 0 Å². The molecule has 1 aromatic carbocycles. The van der Waals surface area contributed by atoms with Crippen LogP contribution in [0, 0.1) is 5.82 Å². The Kier molecular flexibility index (Phi) is 6.72. The molecule has 1 unspecified atom stereocenters. The lowest BCUT2D eigenvalue weighted by molar-refractivity contribution is -0.0339. The maximum atomic E-state index is 12.9. The molecule has 2 fully saturated rings. The Balaban J connectivity index is 1.34. The highest BCUT2D eigenvalue weighted by molar-refractivity contribution is 5.74. The molecular formula is C20H29FN2O3. The second kappa shape index (κ2) is 9.21. The Bertz CT molecular complexity index is 567. The molecule has 0 aromatic heterocycles. The fourth-order valence-corrected chi connectivity index (χ4v) is 3.62. The van der Waals surface area contributed by atoms with E-state index in [1.54, 1.807) is 12.1 Å². The zero-order chi connectivity index (χ0) is 18.4. The maximum absolute atomic E-state index is 12.9. The lowest BCUT2D eigenvalue weighted by Crippen LogP contribution is -2.48. The molecule has 1 saturated carbocycles. The van der Waals surface area contributed by atoms with Crippen molar-refractivity contribution in [1.82, 2.24) is 10.2 Å². The molecule has 0 spiro atoms. The first-order chi connectivity index (χ1) is 12.6. The lowest BCUT2D eigenvalue weighted by Gasteiger charge is -2.33. The van der Waals surface area contributed by atoms with Crippen molar-refractivity contribution in [2.24, 2.45) is 0 Å². The molecule has 1 saturated heterocycles. The van der Waals surface area contributed by atoms with Crippen LogP contribution in [-0.2, 0) is 4.74 Å². The Labute approximate surface area is 154 Å². The van der Waals surface area contributed by atoms with Crippen LogP contribution in [0.3, 0.4) is 0 Å². The number of benzene rings is 1. The molecular weight excluding hydrogens is 335 g/mol. The number of amides is 2. The third-order valence-corrected chi connectivity index (χ3v) is 5.11. The number of carbonyl (C=O) groups excluding carboxylic acids is 1. The van der Waals surface area contributed by atoms with E-state index >= 15 is 0 Å². The number of carbonyl (C=O) groups is 1. The second-order valence-electron chi connectivity index (χ2n) is 7.30. The van der Waals surface area contributed by atoms with Crippen LogP contribution in [0.5, 0.6) is 5.75 Å². The van der Waals surface area contributed by atoms with Gasteiger partial charge in [-0.25, -0.2) is 9.18 Å². The number of nitrogens with zero attached hydrogens (tertiary/aromatic N) is 1. The van der Waals surface area contributed by atoms with Gasteiger partial charge in [-0.3, -0.25) is 0 Å². The molecule has 3 rings (SSSR count). The number of nitrogens with one attached hydrogen (secondary N) is 1. The lowest BCUT2D eigenvalue weighted by atomic mass is 10.1. The zero-order valence-corrected chi connectivity index (χ0v) is 15.5. The van der Waals surface area contributed by atoms with Crippen molar-refractivity contribution < 1.29 is 18.7 Å². The quantitative estimate of drug-likeness (QED) is 0.837. The standard InChI is InChI=1S/C20H29FN2O3/c1-15(25-18-8-6-16(21)7-9-18)14-22-20(24)23-12-10-19(11-13-23)26-17-4-2-3-5-17/h6-9,15,17,19H,2-5,10-14H2,1H3,(H,22,24). The summed E-state index contributed by atoms with van der Waals surface area (Å²) in [7, 11) is 0. The van der Waals surface area contributed by atoms with E-state index in [0.717, 1.165) is 25.9 Å². The number of likely N-dealkylation sites (tertiary alicyclic amines) is 1. The molecule has 2 amide bonds. The van der Waals surface area contributed by atoms with Crippen molar-refractivity contribution in [3.8, 4) is 5.75 Å². The first kappa shape index (κ1) is 19.0. The minimum absolute atomic E-state index is 0.0566. The van der Waals surface area contributed by atoms with Crippen molar-refractivity contribution in [3.63, 3.8) is 0 Å². The largest absolute Gasteiger partial charge is 0.489 e. The number of rotatable bonds is 6. The van der Waals surface area contributed by atoms with Gasteiger partial charge in [-0.2, -0.15) is 0 Å². The van der Waals surface area contributed by atoms with Crippen LogP contribution in [-0.4, -0.2) is 48.9 Å². The van der Waals surface area contributed by atoms with Crippen LogP contribution in [0.25, 0.3) is 0 Å². The first-order valence-corrected chi connectivity index (χ1v) is 9.70. The summed E-state index contributed by atoms with van der Waals surface area (Å²) in [6.45, 7) is 3.76. The van der Waals surface area contributed by atoms with E-state index in [0.29, 0.717) is 24.5 Å². The highest BCUT2D eigenvalue weighted by Gasteiger charge is 2.26. The van der Waals surface area contributed by atoms with Gasteiger partial charge < -0.3 is 19.7 Å². The smallest absolute Gasteiger partial charge is 0.317 e. The van der Waals surface area contributed by atoms with Gasteiger partial charge in [0.05, 0.1) is 18.8 Å². The molecule has 1 atom stereocenters. The van der Waals surface area contributed by atoms with E-state index in [1.807, 2.05) is 11.8 Å². The third kappa shape index (κ3) is 5.59. The van der Waals surface area contributed by atoms with E-state index < -0.39 is 0 Å². The first-order valence-electron chi connectivity index (χ1n) is 9.70. The molecule has 26 heavy (non-hydrogen) atoms. The molecule has 6 heteroatoms. The molecule has 144 valence electrons. The van der Waals surface area contributed by atoms with Crippen LogP contribution < -0.4 is 10.1 Å². The zero-order valence-electron chi connectivity index (χ0n) is 15.5. The summed E-state index contributed by atoms with van der Waals surface area (Å²) in [4.78, 5) is 14.2. The van der Waals surface area contributed by atoms with Crippen molar-refractivity contribution >= 4 is 6.03 Å². The Hall–Kier alpha value is -1.82. The number of ether oxygens (including phenoxy) is 2. The minimum Gasteiger partial charge on any atom is -0.489 e. The van der Waals surface area contributed by atoms with Crippen LogP contribution in [0.2, 0.25) is 0 Å². The SMILES string of the molecule is CC(CNC(=O)N1CCC(OC2CCCC2)CC1)Oc1ccc(F)cc1. The van der Waals surface area contributed by atoms with E-state index in [-0.39, 0.29) is 18.0 Å². The average molecular weight is 364 g/mol. The Morgan fingerprint density at radius 2 is 1.77 bits per heavy atom. The Morgan fingerprint density at radius 1 is 1.15 bits per heavy atom. The molecule has 1 aromatic rings. The van der Waals surface area contributed by atoms with E-state index in [9.17, 15) is 9.18 Å². The van der Waals surface area contributed by atoms with Gasteiger partial charge in [0.2, 0.25) is 0 Å². The van der Waals surface area contributed by atoms with Gasteiger partial charge in [-0.05, 0) is 56.9 Å². The molecule has 1 heterocycles.